The molecule has 1 atom stereocenters. The monoisotopic (exact) mass is 451 g/mol. The molecule has 0 aliphatic heterocycles. The lowest BCUT2D eigenvalue weighted by Crippen LogP contribution is -2.30. The van der Waals surface area contributed by atoms with Crippen LogP contribution in [0.5, 0.6) is 11.5 Å². The standard InChI is InChI=1S/C20H19Cl2N3O3S/c1-12(28-17-9-6-14(21)11-16(17)22)19(26)23-20-25-24-18(29-20)10-5-13-3-7-15(27-2)8-4-13/h3-4,6-9,11-12H,5,10H2,1-2H3,(H,23,25,26). The molecule has 0 saturated carbocycles. The Bertz CT molecular complexity index is 979. The molecule has 1 amide bonds. The summed E-state index contributed by atoms with van der Waals surface area (Å²) in [7, 11) is 1.64. The smallest absolute Gasteiger partial charge is 0.266 e. The number of halogens is 2. The lowest BCUT2D eigenvalue weighted by molar-refractivity contribution is -0.122. The number of aromatic nitrogens is 2. The number of methoxy groups -OCH3 is 1. The average molecular weight is 452 g/mol. The predicted octanol–water partition coefficient (Wildman–Crippen LogP) is 5.04. The number of carbonyl (C=O) groups is 1. The Morgan fingerprint density at radius 3 is 2.59 bits per heavy atom. The largest absolute Gasteiger partial charge is 0.497 e. The molecule has 0 bridgehead atoms. The summed E-state index contributed by atoms with van der Waals surface area (Å²) >= 11 is 13.3. The van der Waals surface area contributed by atoms with E-state index >= 15 is 0 Å². The first-order valence-corrected chi connectivity index (χ1v) is 10.4. The lowest BCUT2D eigenvalue weighted by Gasteiger charge is -2.14. The summed E-state index contributed by atoms with van der Waals surface area (Å²) < 4.78 is 10.8. The highest BCUT2D eigenvalue weighted by Gasteiger charge is 2.18. The third-order valence-electron chi connectivity index (χ3n) is 4.05. The molecule has 0 aliphatic carbocycles. The second kappa shape index (κ2) is 9.91. The second-order valence-corrected chi connectivity index (χ2v) is 8.08. The molecule has 0 aliphatic rings. The molecular weight excluding hydrogens is 433 g/mol. The zero-order valence-electron chi connectivity index (χ0n) is 15.8. The number of amides is 1. The average Bonchev–Trinajstić information content (AvgIpc) is 3.16. The van der Waals surface area contributed by atoms with Crippen LogP contribution < -0.4 is 14.8 Å². The highest BCUT2D eigenvalue weighted by atomic mass is 35.5. The fourth-order valence-corrected chi connectivity index (χ4v) is 3.67. The van der Waals surface area contributed by atoms with Crippen molar-refractivity contribution in [2.75, 3.05) is 12.4 Å². The maximum Gasteiger partial charge on any atom is 0.266 e. The Morgan fingerprint density at radius 2 is 1.90 bits per heavy atom. The number of rotatable bonds is 8. The van der Waals surface area contributed by atoms with Crippen LogP contribution >= 0.6 is 34.5 Å². The van der Waals surface area contributed by atoms with Crippen molar-refractivity contribution in [2.24, 2.45) is 0 Å². The number of nitrogens with zero attached hydrogens (tertiary/aromatic N) is 2. The number of hydrogen-bond donors (Lipinski definition) is 1. The molecule has 29 heavy (non-hydrogen) atoms. The van der Waals surface area contributed by atoms with Crippen LogP contribution in [0, 0.1) is 0 Å². The van der Waals surface area contributed by atoms with E-state index in [1.807, 2.05) is 24.3 Å². The summed E-state index contributed by atoms with van der Waals surface area (Å²) in [6, 6.07) is 12.7. The van der Waals surface area contributed by atoms with Gasteiger partial charge >= 0.3 is 0 Å². The first-order valence-electron chi connectivity index (χ1n) is 8.82. The SMILES string of the molecule is COc1ccc(CCc2nnc(NC(=O)C(C)Oc3ccc(Cl)cc3Cl)s2)cc1. The lowest BCUT2D eigenvalue weighted by atomic mass is 10.1. The molecule has 0 saturated heterocycles. The maximum atomic E-state index is 12.4. The third-order valence-corrected chi connectivity index (χ3v) is 5.48. The molecule has 6 nitrogen and oxygen atoms in total. The first kappa shape index (κ1) is 21.4. The van der Waals surface area contributed by atoms with Crippen molar-refractivity contribution in [3.63, 3.8) is 0 Å². The topological polar surface area (TPSA) is 73.3 Å². The fourth-order valence-electron chi connectivity index (χ4n) is 2.47. The van der Waals surface area contributed by atoms with Gasteiger partial charge in [-0.1, -0.05) is 46.7 Å². The molecule has 0 spiro atoms. The van der Waals surface area contributed by atoms with Crippen molar-refractivity contribution < 1.29 is 14.3 Å². The van der Waals surface area contributed by atoms with Crippen LogP contribution in [0.25, 0.3) is 0 Å². The van der Waals surface area contributed by atoms with E-state index in [4.69, 9.17) is 32.7 Å². The molecule has 1 unspecified atom stereocenters. The predicted molar refractivity (Wildman–Crippen MR) is 115 cm³/mol. The molecule has 1 aromatic heterocycles. The van der Waals surface area contributed by atoms with Crippen molar-refractivity contribution in [3.05, 3.63) is 63.1 Å². The zero-order valence-corrected chi connectivity index (χ0v) is 18.1. The van der Waals surface area contributed by atoms with E-state index in [0.29, 0.717) is 20.9 Å². The molecule has 1 N–H and O–H groups in total. The summed E-state index contributed by atoms with van der Waals surface area (Å²) in [5.41, 5.74) is 1.17. The number of hydrogen-bond acceptors (Lipinski definition) is 6. The maximum absolute atomic E-state index is 12.4. The normalized spacial score (nSPS) is 11.7. The fraction of sp³-hybridized carbons (Fsp3) is 0.250. The van der Waals surface area contributed by atoms with E-state index in [1.54, 1.807) is 32.2 Å². The van der Waals surface area contributed by atoms with Gasteiger partial charge < -0.3 is 9.47 Å². The summed E-state index contributed by atoms with van der Waals surface area (Å²) in [5, 5.41) is 13.0. The van der Waals surface area contributed by atoms with Crippen LogP contribution in [0.4, 0.5) is 5.13 Å². The zero-order chi connectivity index (χ0) is 20.8. The van der Waals surface area contributed by atoms with E-state index in [9.17, 15) is 4.79 Å². The Kier molecular flexibility index (Phi) is 7.30. The van der Waals surface area contributed by atoms with Crippen molar-refractivity contribution in [1.82, 2.24) is 10.2 Å². The number of anilines is 1. The van der Waals surface area contributed by atoms with E-state index in [1.165, 1.54) is 16.9 Å². The molecule has 0 radical (unpaired) electrons. The van der Waals surface area contributed by atoms with Crippen LogP contribution in [0.1, 0.15) is 17.5 Å². The quantitative estimate of drug-likeness (QED) is 0.518. The van der Waals surface area contributed by atoms with E-state index in [-0.39, 0.29) is 5.91 Å². The van der Waals surface area contributed by atoms with Crippen LogP contribution in [0.2, 0.25) is 10.0 Å². The van der Waals surface area contributed by atoms with Gasteiger partial charge in [-0.25, -0.2) is 0 Å². The second-order valence-electron chi connectivity index (χ2n) is 6.17. The Morgan fingerprint density at radius 1 is 1.14 bits per heavy atom. The molecule has 2 aromatic carbocycles. The van der Waals surface area contributed by atoms with E-state index < -0.39 is 6.10 Å². The molecular formula is C20H19Cl2N3O3S. The highest BCUT2D eigenvalue weighted by molar-refractivity contribution is 7.15. The van der Waals surface area contributed by atoms with Gasteiger partial charge in [-0.3, -0.25) is 10.1 Å². The minimum Gasteiger partial charge on any atom is -0.497 e. The summed E-state index contributed by atoms with van der Waals surface area (Å²) in [6.07, 6.45) is 0.785. The van der Waals surface area contributed by atoms with Gasteiger partial charge in [0.25, 0.3) is 5.91 Å². The van der Waals surface area contributed by atoms with Crippen LogP contribution in [-0.2, 0) is 17.6 Å². The number of benzene rings is 2. The minimum atomic E-state index is -0.764. The van der Waals surface area contributed by atoms with Crippen molar-refractivity contribution in [3.8, 4) is 11.5 Å². The van der Waals surface area contributed by atoms with Gasteiger partial charge in [0.1, 0.15) is 16.5 Å². The first-order chi connectivity index (χ1) is 13.9. The summed E-state index contributed by atoms with van der Waals surface area (Å²) in [5.74, 6) is 0.871. The number of carbonyl (C=O) groups excluding carboxylic acids is 1. The van der Waals surface area contributed by atoms with Crippen molar-refractivity contribution in [2.45, 2.75) is 25.9 Å². The van der Waals surface area contributed by atoms with Crippen LogP contribution in [0.15, 0.2) is 42.5 Å². The Hall–Kier alpha value is -2.35. The number of nitrogens with one attached hydrogen (secondary N) is 1. The highest BCUT2D eigenvalue weighted by Crippen LogP contribution is 2.28. The van der Waals surface area contributed by atoms with Crippen LogP contribution in [0.3, 0.4) is 0 Å². The summed E-state index contributed by atoms with van der Waals surface area (Å²) in [4.78, 5) is 12.4. The van der Waals surface area contributed by atoms with Gasteiger partial charge in [-0.05, 0) is 49.2 Å². The molecule has 3 aromatic rings. The molecule has 152 valence electrons. The third kappa shape index (κ3) is 6.06. The van der Waals surface area contributed by atoms with Gasteiger partial charge in [-0.2, -0.15) is 0 Å². The Labute approximate surface area is 182 Å². The number of aryl methyl sites for hydroxylation is 2. The van der Waals surface area contributed by atoms with E-state index in [2.05, 4.69) is 15.5 Å². The van der Waals surface area contributed by atoms with Crippen LogP contribution in [-0.4, -0.2) is 29.3 Å². The summed E-state index contributed by atoms with van der Waals surface area (Å²) in [6.45, 7) is 1.63. The van der Waals surface area contributed by atoms with Gasteiger partial charge in [0.05, 0.1) is 12.1 Å². The number of ether oxygens (including phenoxy) is 2. The minimum absolute atomic E-state index is 0.339. The van der Waals surface area contributed by atoms with E-state index in [0.717, 1.165) is 23.6 Å². The van der Waals surface area contributed by atoms with Gasteiger partial charge in [0, 0.05) is 11.4 Å². The van der Waals surface area contributed by atoms with Gasteiger partial charge in [0.2, 0.25) is 5.13 Å². The molecule has 3 rings (SSSR count). The molecule has 1 heterocycles. The molecule has 0 fully saturated rings. The van der Waals surface area contributed by atoms with Crippen molar-refractivity contribution >= 4 is 45.6 Å². The van der Waals surface area contributed by atoms with Gasteiger partial charge in [0.15, 0.2) is 6.10 Å². The Balaban J connectivity index is 1.52. The van der Waals surface area contributed by atoms with Crippen molar-refractivity contribution in [1.29, 1.82) is 0 Å². The van der Waals surface area contributed by atoms with Gasteiger partial charge in [-0.15, -0.1) is 10.2 Å². The molecule has 9 heteroatoms.